The fourth-order valence-corrected chi connectivity index (χ4v) is 9.83. The second kappa shape index (κ2) is 15.5. The highest BCUT2D eigenvalue weighted by molar-refractivity contribution is 8.09. The van der Waals surface area contributed by atoms with Gasteiger partial charge in [0.2, 0.25) is 10.0 Å². The van der Waals surface area contributed by atoms with Crippen molar-refractivity contribution in [3.63, 3.8) is 0 Å². The van der Waals surface area contributed by atoms with Crippen molar-refractivity contribution in [2.24, 2.45) is 5.92 Å². The Balaban J connectivity index is 1.22. The van der Waals surface area contributed by atoms with Gasteiger partial charge in [0.05, 0.1) is 10.3 Å². The lowest BCUT2D eigenvalue weighted by molar-refractivity contribution is 0.108. The summed E-state index contributed by atoms with van der Waals surface area (Å²) >= 11 is 1.67. The molecule has 1 saturated carbocycles. The Labute approximate surface area is 289 Å². The summed E-state index contributed by atoms with van der Waals surface area (Å²) in [5.41, 5.74) is 1.23. The van der Waals surface area contributed by atoms with E-state index >= 15 is 0 Å². The molecule has 2 aromatic carbocycles. The fraction of sp³-hybridized carbons (Fsp3) is 0.543. The summed E-state index contributed by atoms with van der Waals surface area (Å²) < 4.78 is 35.9. The maximum Gasteiger partial charge on any atom is 0.407 e. The van der Waals surface area contributed by atoms with Crippen LogP contribution in [0, 0.1) is 5.92 Å². The Morgan fingerprint density at radius 1 is 1.00 bits per heavy atom. The van der Waals surface area contributed by atoms with Crippen LogP contribution in [0.5, 0.6) is 0 Å². The van der Waals surface area contributed by atoms with E-state index in [0.717, 1.165) is 55.5 Å². The van der Waals surface area contributed by atoms with Crippen molar-refractivity contribution < 1.29 is 22.7 Å². The predicted molar refractivity (Wildman–Crippen MR) is 192 cm³/mol. The number of thioether (sulfide) groups is 1. The average molecular weight is 699 g/mol. The van der Waals surface area contributed by atoms with Crippen LogP contribution in [0.4, 0.5) is 15.3 Å². The van der Waals surface area contributed by atoms with Crippen molar-refractivity contribution in [3.8, 4) is 0 Å². The molecule has 0 radical (unpaired) electrons. The lowest BCUT2D eigenvalue weighted by Crippen LogP contribution is -2.42. The molecule has 3 amide bonds. The normalized spacial score (nSPS) is 23.4. The minimum atomic E-state index is -3.94. The molecule has 4 N–H and O–H groups in total. The number of likely N-dealkylation sites (N-methyl/N-ethyl adjacent to an activating group) is 1. The second-order valence-electron chi connectivity index (χ2n) is 14.2. The van der Waals surface area contributed by atoms with Gasteiger partial charge in [0.1, 0.15) is 6.61 Å². The molecule has 0 spiro atoms. The molecule has 11 nitrogen and oxygen atoms in total. The maximum atomic E-state index is 13.8. The van der Waals surface area contributed by atoms with Gasteiger partial charge >= 0.3 is 12.1 Å². The molecule has 3 aliphatic rings. The summed E-state index contributed by atoms with van der Waals surface area (Å²) in [4.78, 5) is 30.6. The fourth-order valence-electron chi connectivity index (χ4n) is 6.62. The van der Waals surface area contributed by atoms with E-state index in [1.807, 2.05) is 43.6 Å². The van der Waals surface area contributed by atoms with Crippen LogP contribution >= 0.6 is 11.8 Å². The molecule has 5 rings (SSSR count). The van der Waals surface area contributed by atoms with E-state index in [0.29, 0.717) is 36.4 Å². The van der Waals surface area contributed by atoms with Gasteiger partial charge in [-0.25, -0.2) is 22.7 Å². The SMILES string of the molecule is CN1C=C(c2ccc(NC(=O)NCc3ccccc3)cc2S(=O)(=O)NC(C)(C)C)SC1C1CCC(NC(=O)OC[C@H]2CCCN2C)CC1. The van der Waals surface area contributed by atoms with E-state index in [1.165, 1.54) is 6.07 Å². The lowest BCUT2D eigenvalue weighted by Gasteiger charge is -2.35. The van der Waals surface area contributed by atoms with Crippen LogP contribution in [0.15, 0.2) is 59.6 Å². The Bertz CT molecular complexity index is 1570. The molecule has 48 heavy (non-hydrogen) atoms. The van der Waals surface area contributed by atoms with E-state index in [4.69, 9.17) is 4.74 Å². The third kappa shape index (κ3) is 9.67. The average Bonchev–Trinajstić information content (AvgIpc) is 3.63. The predicted octanol–water partition coefficient (Wildman–Crippen LogP) is 5.77. The van der Waals surface area contributed by atoms with Crippen LogP contribution in [-0.2, 0) is 21.3 Å². The van der Waals surface area contributed by atoms with E-state index in [1.54, 1.807) is 44.7 Å². The summed E-state index contributed by atoms with van der Waals surface area (Å²) in [5, 5.41) is 8.83. The molecular formula is C35H50N6O5S2. The number of carbonyl (C=O) groups is 2. The highest BCUT2D eigenvalue weighted by Crippen LogP contribution is 2.47. The van der Waals surface area contributed by atoms with Crippen LogP contribution in [0.2, 0.25) is 0 Å². The van der Waals surface area contributed by atoms with E-state index in [9.17, 15) is 18.0 Å². The number of amides is 3. The molecule has 2 aliphatic heterocycles. The Morgan fingerprint density at radius 3 is 2.40 bits per heavy atom. The summed E-state index contributed by atoms with van der Waals surface area (Å²) in [6, 6.07) is 14.6. The first-order chi connectivity index (χ1) is 22.8. The molecular weight excluding hydrogens is 649 g/mol. The number of hydrogen-bond acceptors (Lipinski definition) is 8. The van der Waals surface area contributed by atoms with Gasteiger partial charge in [0, 0.05) is 53.6 Å². The molecule has 1 aliphatic carbocycles. The third-order valence-electron chi connectivity index (χ3n) is 9.08. The summed E-state index contributed by atoms with van der Waals surface area (Å²) in [5.74, 6) is 0.372. The minimum absolute atomic E-state index is 0.0874. The highest BCUT2D eigenvalue weighted by Gasteiger charge is 2.36. The largest absolute Gasteiger partial charge is 0.448 e. The molecule has 2 aromatic rings. The summed E-state index contributed by atoms with van der Waals surface area (Å²) in [6.07, 6.45) is 7.50. The second-order valence-corrected chi connectivity index (χ2v) is 17.0. The van der Waals surface area contributed by atoms with Crippen molar-refractivity contribution in [1.29, 1.82) is 0 Å². The molecule has 2 heterocycles. The van der Waals surface area contributed by atoms with Crippen LogP contribution in [0.1, 0.15) is 70.4 Å². The third-order valence-corrected chi connectivity index (χ3v) is 12.4. The first-order valence-corrected chi connectivity index (χ1v) is 19.1. The molecule has 262 valence electrons. The standard InChI is InChI=1S/C35H50N6O5S2/c1-35(2,3)39-48(44,45)31-20-27(37-33(42)36-21-24-10-7-6-8-11-24)17-18-29(31)30-22-41(5)32(47-30)25-13-15-26(16-14-25)38-34(43)46-23-28-12-9-19-40(28)4/h6-8,10-11,17-18,20,22,25-26,28,32,39H,9,12-16,19,21,23H2,1-5H3,(H,38,43)(H2,36,37,42)/t25?,26?,28-,32?/m1/s1. The number of rotatable bonds is 10. The number of anilines is 1. The Hall–Kier alpha value is -3.26. The number of hydrogen-bond donors (Lipinski definition) is 4. The number of carbonyl (C=O) groups excluding carboxylic acids is 2. The zero-order valence-electron chi connectivity index (χ0n) is 28.6. The number of likely N-dealkylation sites (tertiary alicyclic amines) is 1. The Kier molecular flexibility index (Phi) is 11.7. The minimum Gasteiger partial charge on any atom is -0.448 e. The quantitative estimate of drug-likeness (QED) is 0.246. The zero-order valence-corrected chi connectivity index (χ0v) is 30.3. The summed E-state index contributed by atoms with van der Waals surface area (Å²) in [7, 11) is 0.160. The Morgan fingerprint density at radius 2 is 1.73 bits per heavy atom. The number of nitrogens with zero attached hydrogens (tertiary/aromatic N) is 2. The van der Waals surface area contributed by atoms with Crippen LogP contribution in [-0.4, -0.2) is 80.6 Å². The van der Waals surface area contributed by atoms with Crippen LogP contribution in [0.25, 0.3) is 4.91 Å². The van der Waals surface area contributed by atoms with Gasteiger partial charge in [0.15, 0.2) is 0 Å². The van der Waals surface area contributed by atoms with E-state index in [-0.39, 0.29) is 22.4 Å². The van der Waals surface area contributed by atoms with Crippen molar-refractivity contribution in [2.75, 3.05) is 32.6 Å². The lowest BCUT2D eigenvalue weighted by atomic mass is 9.85. The number of benzene rings is 2. The topological polar surface area (TPSA) is 132 Å². The van der Waals surface area contributed by atoms with Crippen LogP contribution in [0.3, 0.4) is 0 Å². The number of sulfonamides is 1. The van der Waals surface area contributed by atoms with Gasteiger partial charge in [-0.1, -0.05) is 48.2 Å². The number of nitrogens with one attached hydrogen (secondary N) is 4. The molecule has 2 atom stereocenters. The van der Waals surface area contributed by atoms with Gasteiger partial charge in [0.25, 0.3) is 0 Å². The first kappa shape index (κ1) is 36.0. The first-order valence-electron chi connectivity index (χ1n) is 16.8. The molecule has 1 unspecified atom stereocenters. The molecule has 0 aromatic heterocycles. The number of alkyl carbamates (subject to hydrolysis) is 1. The van der Waals surface area contributed by atoms with Gasteiger partial charge in [-0.2, -0.15) is 0 Å². The van der Waals surface area contributed by atoms with Crippen LogP contribution < -0.4 is 20.7 Å². The molecule has 13 heteroatoms. The smallest absolute Gasteiger partial charge is 0.407 e. The molecule has 2 fully saturated rings. The summed E-state index contributed by atoms with van der Waals surface area (Å²) in [6.45, 7) is 7.23. The maximum absolute atomic E-state index is 13.8. The van der Waals surface area contributed by atoms with Crippen molar-refractivity contribution in [1.82, 2.24) is 25.2 Å². The highest BCUT2D eigenvalue weighted by atomic mass is 32.2. The van der Waals surface area contributed by atoms with Gasteiger partial charge in [-0.3, -0.25) is 0 Å². The van der Waals surface area contributed by atoms with Gasteiger partial charge < -0.3 is 30.5 Å². The molecule has 1 saturated heterocycles. The molecule has 0 bridgehead atoms. The van der Waals surface area contributed by atoms with Crippen molar-refractivity contribution >= 4 is 44.5 Å². The van der Waals surface area contributed by atoms with Crippen molar-refractivity contribution in [2.45, 2.75) is 93.7 Å². The van der Waals surface area contributed by atoms with E-state index < -0.39 is 21.6 Å². The van der Waals surface area contributed by atoms with Gasteiger partial charge in [-0.15, -0.1) is 0 Å². The number of urea groups is 1. The van der Waals surface area contributed by atoms with E-state index in [2.05, 4.69) is 37.5 Å². The van der Waals surface area contributed by atoms with Crippen molar-refractivity contribution in [3.05, 3.63) is 65.9 Å². The monoisotopic (exact) mass is 698 g/mol. The van der Waals surface area contributed by atoms with Gasteiger partial charge in [-0.05, 0) is 96.5 Å². The number of ether oxygens (including phenoxy) is 1. The zero-order chi connectivity index (χ0) is 34.5.